The van der Waals surface area contributed by atoms with Gasteiger partial charge < -0.3 is 9.47 Å². The molecule has 0 aromatic heterocycles. The summed E-state index contributed by atoms with van der Waals surface area (Å²) in [5, 5.41) is 0. The molecule has 0 bridgehead atoms. The molecule has 0 saturated heterocycles. The molecule has 1 aromatic rings. The van der Waals surface area contributed by atoms with Gasteiger partial charge in [-0.3, -0.25) is 0 Å². The van der Waals surface area contributed by atoms with Crippen molar-refractivity contribution in [3.8, 4) is 11.5 Å². The molecule has 0 spiro atoms. The van der Waals surface area contributed by atoms with Crippen molar-refractivity contribution in [2.24, 2.45) is 0 Å². The first kappa shape index (κ1) is 9.18. The maximum Gasteiger partial charge on any atom is 0.393 e. The highest BCUT2D eigenvalue weighted by molar-refractivity contribution is 5.44. The van der Waals surface area contributed by atoms with Crippen molar-refractivity contribution >= 4 is 0 Å². The molecule has 2 nitrogen and oxygen atoms in total. The minimum Gasteiger partial charge on any atom is -0.454 e. The van der Waals surface area contributed by atoms with E-state index in [0.29, 0.717) is 11.5 Å². The molecular weight excluding hydrogens is 197 g/mol. The summed E-state index contributed by atoms with van der Waals surface area (Å²) < 4.78 is 46.0. The van der Waals surface area contributed by atoms with E-state index in [2.05, 4.69) is 0 Å². The average Bonchev–Trinajstić information content (AvgIpc) is 2.47. The predicted octanol–water partition coefficient (Wildman–Crippen LogP) is 2.52. The second-order valence-electron chi connectivity index (χ2n) is 2.98. The Kier molecular flexibility index (Phi) is 2.02. The van der Waals surface area contributed by atoms with Gasteiger partial charge in [-0.05, 0) is 17.7 Å². The second kappa shape index (κ2) is 3.08. The number of ether oxygens (including phenoxy) is 2. The molecule has 0 atom stereocenters. The zero-order chi connectivity index (χ0) is 10.2. The van der Waals surface area contributed by atoms with Gasteiger partial charge in [-0.25, -0.2) is 0 Å². The Morgan fingerprint density at radius 3 is 2.57 bits per heavy atom. The van der Waals surface area contributed by atoms with Crippen LogP contribution in [0.4, 0.5) is 13.2 Å². The summed E-state index contributed by atoms with van der Waals surface area (Å²) in [5.74, 6) is 0.877. The van der Waals surface area contributed by atoms with Crippen LogP contribution >= 0.6 is 0 Å². The molecule has 1 aliphatic rings. The van der Waals surface area contributed by atoms with Crippen molar-refractivity contribution in [2.45, 2.75) is 12.6 Å². The van der Waals surface area contributed by atoms with E-state index in [-0.39, 0.29) is 12.4 Å². The smallest absolute Gasteiger partial charge is 0.393 e. The van der Waals surface area contributed by atoms with Crippen LogP contribution in [0.5, 0.6) is 11.5 Å². The topological polar surface area (TPSA) is 18.5 Å². The summed E-state index contributed by atoms with van der Waals surface area (Å²) in [6, 6.07) is 4.24. The maximum atomic E-state index is 12.0. The molecular formula is C9H7F3O2. The van der Waals surface area contributed by atoms with E-state index in [1.165, 1.54) is 18.2 Å². The van der Waals surface area contributed by atoms with E-state index in [9.17, 15) is 13.2 Å². The Labute approximate surface area is 78.2 Å². The summed E-state index contributed by atoms with van der Waals surface area (Å²) >= 11 is 0. The Morgan fingerprint density at radius 2 is 1.86 bits per heavy atom. The fraction of sp³-hybridized carbons (Fsp3) is 0.333. The fourth-order valence-corrected chi connectivity index (χ4v) is 1.28. The Bertz CT molecular complexity index is 346. The number of fused-ring (bicyclic) bond motifs is 1. The number of rotatable bonds is 1. The standard InChI is InChI=1S/C9H7F3O2/c10-9(11,12)4-6-1-2-7-8(3-6)14-5-13-7/h1-3H,4-5H2. The van der Waals surface area contributed by atoms with Crippen LogP contribution in [-0.4, -0.2) is 13.0 Å². The monoisotopic (exact) mass is 204 g/mol. The number of hydrogen-bond acceptors (Lipinski definition) is 2. The number of benzene rings is 1. The highest BCUT2D eigenvalue weighted by Crippen LogP contribution is 2.34. The molecule has 14 heavy (non-hydrogen) atoms. The third kappa shape index (κ3) is 1.92. The molecule has 2 rings (SSSR count). The highest BCUT2D eigenvalue weighted by Gasteiger charge is 2.28. The summed E-state index contributed by atoms with van der Waals surface area (Å²) in [6.45, 7) is 0.0742. The van der Waals surface area contributed by atoms with E-state index in [0.717, 1.165) is 0 Å². The normalized spacial score (nSPS) is 14.5. The lowest BCUT2D eigenvalue weighted by molar-refractivity contribution is -0.127. The lowest BCUT2D eigenvalue weighted by Gasteiger charge is -2.06. The van der Waals surface area contributed by atoms with Crippen LogP contribution in [0.1, 0.15) is 5.56 Å². The summed E-state index contributed by atoms with van der Waals surface area (Å²) in [7, 11) is 0. The van der Waals surface area contributed by atoms with Gasteiger partial charge in [-0.2, -0.15) is 13.2 Å². The van der Waals surface area contributed by atoms with Gasteiger partial charge in [0, 0.05) is 0 Å². The van der Waals surface area contributed by atoms with Gasteiger partial charge >= 0.3 is 6.18 Å². The lowest BCUT2D eigenvalue weighted by atomic mass is 10.1. The summed E-state index contributed by atoms with van der Waals surface area (Å²) in [5.41, 5.74) is 0.182. The molecule has 0 N–H and O–H groups in total. The SMILES string of the molecule is FC(F)(F)Cc1ccc2c(c1)OCO2. The van der Waals surface area contributed by atoms with Crippen molar-refractivity contribution < 1.29 is 22.6 Å². The lowest BCUT2D eigenvalue weighted by Crippen LogP contribution is -2.11. The van der Waals surface area contributed by atoms with E-state index in [4.69, 9.17) is 9.47 Å². The third-order valence-corrected chi connectivity index (χ3v) is 1.84. The van der Waals surface area contributed by atoms with Crippen molar-refractivity contribution in [2.75, 3.05) is 6.79 Å². The van der Waals surface area contributed by atoms with Crippen LogP contribution < -0.4 is 9.47 Å². The molecule has 0 aliphatic carbocycles. The fourth-order valence-electron chi connectivity index (χ4n) is 1.28. The number of alkyl halides is 3. The molecule has 0 saturated carbocycles. The molecule has 76 valence electrons. The number of halogens is 3. The molecule has 0 amide bonds. The minimum atomic E-state index is -4.19. The van der Waals surface area contributed by atoms with Crippen molar-refractivity contribution in [3.63, 3.8) is 0 Å². The molecule has 0 radical (unpaired) electrons. The van der Waals surface area contributed by atoms with Crippen LogP contribution in [0.15, 0.2) is 18.2 Å². The Balaban J connectivity index is 2.21. The van der Waals surface area contributed by atoms with Crippen molar-refractivity contribution in [3.05, 3.63) is 23.8 Å². The zero-order valence-electron chi connectivity index (χ0n) is 7.10. The van der Waals surface area contributed by atoms with Crippen LogP contribution in [0.3, 0.4) is 0 Å². The quantitative estimate of drug-likeness (QED) is 0.699. The molecule has 1 aromatic carbocycles. The Morgan fingerprint density at radius 1 is 1.14 bits per heavy atom. The summed E-state index contributed by atoms with van der Waals surface area (Å²) in [4.78, 5) is 0. The highest BCUT2D eigenvalue weighted by atomic mass is 19.4. The van der Waals surface area contributed by atoms with Crippen LogP contribution in [0.25, 0.3) is 0 Å². The zero-order valence-corrected chi connectivity index (χ0v) is 7.10. The van der Waals surface area contributed by atoms with E-state index >= 15 is 0 Å². The summed E-state index contributed by atoms with van der Waals surface area (Å²) in [6.07, 6.45) is -5.13. The molecule has 0 unspecified atom stereocenters. The molecule has 1 aliphatic heterocycles. The van der Waals surface area contributed by atoms with Crippen molar-refractivity contribution in [1.29, 1.82) is 0 Å². The molecule has 1 heterocycles. The maximum absolute atomic E-state index is 12.0. The Hall–Kier alpha value is -1.39. The first-order chi connectivity index (χ1) is 6.54. The third-order valence-electron chi connectivity index (χ3n) is 1.84. The van der Waals surface area contributed by atoms with Gasteiger partial charge in [0.15, 0.2) is 11.5 Å². The van der Waals surface area contributed by atoms with Crippen LogP contribution in [-0.2, 0) is 6.42 Å². The van der Waals surface area contributed by atoms with Gasteiger partial charge in [0.25, 0.3) is 0 Å². The van der Waals surface area contributed by atoms with E-state index < -0.39 is 12.6 Å². The molecule has 0 fully saturated rings. The van der Waals surface area contributed by atoms with Gasteiger partial charge in [-0.15, -0.1) is 0 Å². The predicted molar refractivity (Wildman–Crippen MR) is 42.3 cm³/mol. The minimum absolute atomic E-state index is 0.0742. The van der Waals surface area contributed by atoms with Gasteiger partial charge in [0.2, 0.25) is 6.79 Å². The van der Waals surface area contributed by atoms with Crippen molar-refractivity contribution in [1.82, 2.24) is 0 Å². The largest absolute Gasteiger partial charge is 0.454 e. The van der Waals surface area contributed by atoms with Crippen LogP contribution in [0.2, 0.25) is 0 Å². The van der Waals surface area contributed by atoms with E-state index in [1.54, 1.807) is 0 Å². The average molecular weight is 204 g/mol. The molecule has 5 heteroatoms. The van der Waals surface area contributed by atoms with Crippen LogP contribution in [0, 0.1) is 0 Å². The van der Waals surface area contributed by atoms with Gasteiger partial charge in [0.1, 0.15) is 0 Å². The number of hydrogen-bond donors (Lipinski definition) is 0. The van der Waals surface area contributed by atoms with E-state index in [1.807, 2.05) is 0 Å². The second-order valence-corrected chi connectivity index (χ2v) is 2.98. The van der Waals surface area contributed by atoms with Gasteiger partial charge in [-0.1, -0.05) is 6.07 Å². The first-order valence-electron chi connectivity index (χ1n) is 4.00. The first-order valence-corrected chi connectivity index (χ1v) is 4.00. The van der Waals surface area contributed by atoms with Gasteiger partial charge in [0.05, 0.1) is 6.42 Å².